The molecule has 2 rings (SSSR count). The smallest absolute Gasteiger partial charge is 0.240 e. The summed E-state index contributed by atoms with van der Waals surface area (Å²) in [5.74, 6) is 0.143. The lowest BCUT2D eigenvalue weighted by molar-refractivity contribution is -0.126. The van der Waals surface area contributed by atoms with Crippen molar-refractivity contribution < 1.29 is 9.59 Å². The van der Waals surface area contributed by atoms with Crippen molar-refractivity contribution in [1.29, 1.82) is 0 Å². The molecule has 5 nitrogen and oxygen atoms in total. The minimum absolute atomic E-state index is 0.0950. The van der Waals surface area contributed by atoms with E-state index in [9.17, 15) is 9.59 Å². The molecule has 4 N–H and O–H groups in total. The lowest BCUT2D eigenvalue weighted by atomic mass is 9.95. The molecule has 2 amide bonds. The number of carbonyl (C=O) groups is 2. The Kier molecular flexibility index (Phi) is 5.42. The van der Waals surface area contributed by atoms with Gasteiger partial charge in [-0.05, 0) is 50.8 Å². The highest BCUT2D eigenvalue weighted by molar-refractivity contribution is 5.94. The minimum atomic E-state index is -0.846. The molecule has 0 spiro atoms. The molecule has 0 aromatic heterocycles. The van der Waals surface area contributed by atoms with Gasteiger partial charge in [0, 0.05) is 11.6 Å². The largest absolute Gasteiger partial charge is 0.348 e. The van der Waals surface area contributed by atoms with E-state index in [4.69, 9.17) is 5.73 Å². The maximum Gasteiger partial charge on any atom is 0.240 e. The lowest BCUT2D eigenvalue weighted by Crippen LogP contribution is -2.52. The number of nitrogens with two attached hydrogens (primary N) is 1. The summed E-state index contributed by atoms with van der Waals surface area (Å²) in [6.45, 7) is 5.70. The zero-order chi connectivity index (χ0) is 17.0. The van der Waals surface area contributed by atoms with Gasteiger partial charge in [-0.3, -0.25) is 9.59 Å². The molecule has 0 radical (unpaired) electrons. The van der Waals surface area contributed by atoms with Crippen molar-refractivity contribution in [3.8, 4) is 0 Å². The summed E-state index contributed by atoms with van der Waals surface area (Å²) < 4.78 is 0. The molecule has 1 aromatic rings. The predicted molar refractivity (Wildman–Crippen MR) is 91.9 cm³/mol. The number of benzene rings is 1. The monoisotopic (exact) mass is 317 g/mol. The molecular formula is C18H27N3O2. The van der Waals surface area contributed by atoms with Gasteiger partial charge < -0.3 is 16.4 Å². The van der Waals surface area contributed by atoms with Crippen LogP contribution in [0.2, 0.25) is 0 Å². The number of amides is 2. The maximum absolute atomic E-state index is 12.2. The third kappa shape index (κ3) is 4.79. The quantitative estimate of drug-likeness (QED) is 0.723. The van der Waals surface area contributed by atoms with Crippen molar-refractivity contribution in [3.63, 3.8) is 0 Å². The van der Waals surface area contributed by atoms with E-state index < -0.39 is 5.54 Å². The molecule has 1 fully saturated rings. The van der Waals surface area contributed by atoms with Gasteiger partial charge in [-0.1, -0.05) is 25.5 Å². The molecule has 1 aliphatic carbocycles. The van der Waals surface area contributed by atoms with Gasteiger partial charge in [0.2, 0.25) is 11.8 Å². The van der Waals surface area contributed by atoms with Crippen LogP contribution in [0, 0.1) is 5.92 Å². The highest BCUT2D eigenvalue weighted by Crippen LogP contribution is 2.30. The highest BCUT2D eigenvalue weighted by atomic mass is 16.2. The summed E-state index contributed by atoms with van der Waals surface area (Å²) in [6, 6.07) is 7.44. The van der Waals surface area contributed by atoms with Crippen LogP contribution < -0.4 is 16.4 Å². The summed E-state index contributed by atoms with van der Waals surface area (Å²) in [5, 5.41) is 5.86. The molecule has 1 saturated carbocycles. The van der Waals surface area contributed by atoms with Crippen LogP contribution in [0.1, 0.15) is 58.1 Å². The van der Waals surface area contributed by atoms with Crippen LogP contribution in [-0.2, 0) is 9.59 Å². The number of anilines is 1. The Hall–Kier alpha value is -1.88. The first-order valence-corrected chi connectivity index (χ1v) is 8.34. The number of hydrogen-bond acceptors (Lipinski definition) is 3. The van der Waals surface area contributed by atoms with E-state index in [0.29, 0.717) is 6.42 Å². The second-order valence-electron chi connectivity index (χ2n) is 6.75. The van der Waals surface area contributed by atoms with Gasteiger partial charge >= 0.3 is 0 Å². The van der Waals surface area contributed by atoms with Crippen molar-refractivity contribution in [2.24, 2.45) is 11.7 Å². The predicted octanol–water partition coefficient (Wildman–Crippen LogP) is 2.73. The fourth-order valence-electron chi connectivity index (χ4n) is 2.52. The summed E-state index contributed by atoms with van der Waals surface area (Å²) in [4.78, 5) is 24.0. The fraction of sp³-hybridized carbons (Fsp3) is 0.556. The van der Waals surface area contributed by atoms with Crippen LogP contribution in [-0.4, -0.2) is 17.4 Å². The fourth-order valence-corrected chi connectivity index (χ4v) is 2.52. The third-order valence-corrected chi connectivity index (χ3v) is 4.26. The molecule has 5 heteroatoms. The van der Waals surface area contributed by atoms with Crippen LogP contribution >= 0.6 is 0 Å². The van der Waals surface area contributed by atoms with E-state index >= 15 is 0 Å². The van der Waals surface area contributed by atoms with E-state index in [1.807, 2.05) is 38.1 Å². The standard InChI is InChI=1S/C18H27N3O2/c1-4-11-18(3,19)17(23)20-12(2)13-7-9-15(10-8-13)21-16(22)14-5-6-14/h7-10,12,14H,4-6,11,19H2,1-3H3,(H,20,23)(H,21,22). The van der Waals surface area contributed by atoms with Crippen molar-refractivity contribution >= 4 is 17.5 Å². The van der Waals surface area contributed by atoms with Crippen molar-refractivity contribution in [2.75, 3.05) is 5.32 Å². The van der Waals surface area contributed by atoms with Gasteiger partial charge in [-0.15, -0.1) is 0 Å². The second-order valence-corrected chi connectivity index (χ2v) is 6.75. The molecule has 2 unspecified atom stereocenters. The van der Waals surface area contributed by atoms with E-state index in [1.54, 1.807) is 6.92 Å². The van der Waals surface area contributed by atoms with E-state index in [0.717, 1.165) is 30.5 Å². The normalized spacial score (nSPS) is 17.9. The SMILES string of the molecule is CCCC(C)(N)C(=O)NC(C)c1ccc(NC(=O)C2CC2)cc1. The van der Waals surface area contributed by atoms with Gasteiger partial charge in [-0.2, -0.15) is 0 Å². The van der Waals surface area contributed by atoms with Crippen LogP contribution in [0.25, 0.3) is 0 Å². The van der Waals surface area contributed by atoms with E-state index in [2.05, 4.69) is 10.6 Å². The zero-order valence-corrected chi connectivity index (χ0v) is 14.2. The maximum atomic E-state index is 12.2. The number of rotatable bonds is 7. The average molecular weight is 317 g/mol. The van der Waals surface area contributed by atoms with Crippen LogP contribution in [0.4, 0.5) is 5.69 Å². The molecule has 0 saturated heterocycles. The highest BCUT2D eigenvalue weighted by Gasteiger charge is 2.30. The van der Waals surface area contributed by atoms with Crippen LogP contribution in [0.15, 0.2) is 24.3 Å². The topological polar surface area (TPSA) is 84.2 Å². The summed E-state index contributed by atoms with van der Waals surface area (Å²) in [6.07, 6.45) is 3.49. The van der Waals surface area contributed by atoms with Crippen LogP contribution in [0.3, 0.4) is 0 Å². The molecular weight excluding hydrogens is 290 g/mol. The Morgan fingerprint density at radius 3 is 2.43 bits per heavy atom. The number of hydrogen-bond donors (Lipinski definition) is 3. The molecule has 2 atom stereocenters. The Morgan fingerprint density at radius 2 is 1.91 bits per heavy atom. The summed E-state index contributed by atoms with van der Waals surface area (Å²) >= 11 is 0. The van der Waals surface area contributed by atoms with Crippen molar-refractivity contribution in [2.45, 2.75) is 58.0 Å². The molecule has 0 aliphatic heterocycles. The molecule has 0 bridgehead atoms. The first kappa shape index (κ1) is 17.5. The first-order chi connectivity index (χ1) is 10.8. The van der Waals surface area contributed by atoms with Crippen LogP contribution in [0.5, 0.6) is 0 Å². The molecule has 1 aliphatic rings. The van der Waals surface area contributed by atoms with Gasteiger partial charge in [0.1, 0.15) is 0 Å². The van der Waals surface area contributed by atoms with E-state index in [1.165, 1.54) is 0 Å². The van der Waals surface area contributed by atoms with Gasteiger partial charge in [-0.25, -0.2) is 0 Å². The molecule has 0 heterocycles. The first-order valence-electron chi connectivity index (χ1n) is 8.34. The Balaban J connectivity index is 1.92. The summed E-state index contributed by atoms with van der Waals surface area (Å²) in [5.41, 5.74) is 6.98. The van der Waals surface area contributed by atoms with Gasteiger partial charge in [0.15, 0.2) is 0 Å². The number of carbonyl (C=O) groups excluding carboxylic acids is 2. The summed E-state index contributed by atoms with van der Waals surface area (Å²) in [7, 11) is 0. The zero-order valence-electron chi connectivity index (χ0n) is 14.2. The van der Waals surface area contributed by atoms with E-state index in [-0.39, 0.29) is 23.8 Å². The average Bonchev–Trinajstić information content (AvgIpc) is 3.32. The second kappa shape index (κ2) is 7.13. The van der Waals surface area contributed by atoms with Gasteiger partial charge in [0.05, 0.1) is 11.6 Å². The third-order valence-electron chi connectivity index (χ3n) is 4.26. The van der Waals surface area contributed by atoms with Gasteiger partial charge in [0.25, 0.3) is 0 Å². The molecule has 126 valence electrons. The van der Waals surface area contributed by atoms with Crippen molar-refractivity contribution in [3.05, 3.63) is 29.8 Å². The Bertz CT molecular complexity index is 562. The number of nitrogens with one attached hydrogen (secondary N) is 2. The molecule has 23 heavy (non-hydrogen) atoms. The Labute approximate surface area is 138 Å². The lowest BCUT2D eigenvalue weighted by Gasteiger charge is -2.25. The van der Waals surface area contributed by atoms with Crippen molar-refractivity contribution in [1.82, 2.24) is 5.32 Å². The Morgan fingerprint density at radius 1 is 1.30 bits per heavy atom. The molecule has 1 aromatic carbocycles. The minimum Gasteiger partial charge on any atom is -0.348 e.